The van der Waals surface area contributed by atoms with Crippen molar-refractivity contribution < 1.29 is 8.42 Å². The van der Waals surface area contributed by atoms with E-state index in [0.717, 1.165) is 57.4 Å². The Labute approximate surface area is 131 Å². The highest BCUT2D eigenvalue weighted by atomic mass is 79.9. The molecule has 20 heavy (non-hydrogen) atoms. The molecule has 0 saturated carbocycles. The number of halogens is 1. The summed E-state index contributed by atoms with van der Waals surface area (Å²) in [6, 6.07) is 0. The molecular formula is C13H26BrN3O2S. The van der Waals surface area contributed by atoms with E-state index in [2.05, 4.69) is 25.7 Å². The molecule has 2 saturated heterocycles. The lowest BCUT2D eigenvalue weighted by Gasteiger charge is -2.38. The van der Waals surface area contributed by atoms with Crippen molar-refractivity contribution in [2.24, 2.45) is 5.92 Å². The summed E-state index contributed by atoms with van der Waals surface area (Å²) in [5, 5.41) is 1.04. The molecule has 118 valence electrons. The number of piperidine rings is 1. The molecule has 2 heterocycles. The quantitative estimate of drug-likeness (QED) is 0.670. The van der Waals surface area contributed by atoms with Crippen LogP contribution in [-0.4, -0.2) is 86.5 Å². The number of alkyl halides is 1. The van der Waals surface area contributed by atoms with E-state index < -0.39 is 10.0 Å². The monoisotopic (exact) mass is 367 g/mol. The van der Waals surface area contributed by atoms with Crippen molar-refractivity contribution in [2.75, 3.05) is 63.9 Å². The van der Waals surface area contributed by atoms with Gasteiger partial charge in [-0.15, -0.1) is 0 Å². The SMILES string of the molecule is CS(=O)(=O)N1CCCC(CN2CCN(CCBr)CC2)C1. The Morgan fingerprint density at radius 3 is 2.35 bits per heavy atom. The molecule has 0 bridgehead atoms. The van der Waals surface area contributed by atoms with Crippen LogP contribution in [0.15, 0.2) is 0 Å². The molecular weight excluding hydrogens is 342 g/mol. The fraction of sp³-hybridized carbons (Fsp3) is 1.00. The number of nitrogens with zero attached hydrogens (tertiary/aromatic N) is 3. The zero-order valence-corrected chi connectivity index (χ0v) is 14.7. The van der Waals surface area contributed by atoms with Crippen LogP contribution in [0.3, 0.4) is 0 Å². The summed E-state index contributed by atoms with van der Waals surface area (Å²) < 4.78 is 24.9. The Morgan fingerprint density at radius 2 is 1.75 bits per heavy atom. The number of piperazine rings is 1. The minimum Gasteiger partial charge on any atom is -0.300 e. The Bertz CT molecular complexity index is 396. The lowest BCUT2D eigenvalue weighted by Crippen LogP contribution is -2.50. The Hall–Kier alpha value is 0.310. The van der Waals surface area contributed by atoms with Gasteiger partial charge < -0.3 is 4.90 Å². The van der Waals surface area contributed by atoms with Gasteiger partial charge in [0, 0.05) is 57.7 Å². The predicted molar refractivity (Wildman–Crippen MR) is 85.8 cm³/mol. The first kappa shape index (κ1) is 16.7. The highest BCUT2D eigenvalue weighted by Gasteiger charge is 2.28. The zero-order chi connectivity index (χ0) is 14.6. The first-order valence-corrected chi connectivity index (χ1v) is 10.4. The van der Waals surface area contributed by atoms with Crippen molar-refractivity contribution in [1.29, 1.82) is 0 Å². The topological polar surface area (TPSA) is 43.9 Å². The van der Waals surface area contributed by atoms with Gasteiger partial charge in [-0.1, -0.05) is 15.9 Å². The van der Waals surface area contributed by atoms with Crippen LogP contribution in [0.4, 0.5) is 0 Å². The van der Waals surface area contributed by atoms with E-state index in [1.165, 1.54) is 6.26 Å². The molecule has 0 radical (unpaired) electrons. The van der Waals surface area contributed by atoms with E-state index in [1.54, 1.807) is 4.31 Å². The average Bonchev–Trinajstić information content (AvgIpc) is 2.41. The molecule has 2 fully saturated rings. The first-order valence-electron chi connectivity index (χ1n) is 7.45. The zero-order valence-electron chi connectivity index (χ0n) is 12.3. The van der Waals surface area contributed by atoms with Crippen LogP contribution in [0, 0.1) is 5.92 Å². The van der Waals surface area contributed by atoms with Crippen molar-refractivity contribution in [2.45, 2.75) is 12.8 Å². The number of hydrogen-bond donors (Lipinski definition) is 0. The lowest BCUT2D eigenvalue weighted by atomic mass is 9.99. The van der Waals surface area contributed by atoms with Crippen molar-refractivity contribution in [3.05, 3.63) is 0 Å². The molecule has 0 N–H and O–H groups in total. The van der Waals surface area contributed by atoms with Crippen molar-refractivity contribution in [1.82, 2.24) is 14.1 Å². The molecule has 0 aromatic rings. The van der Waals surface area contributed by atoms with Crippen molar-refractivity contribution in [3.63, 3.8) is 0 Å². The third-order valence-electron chi connectivity index (χ3n) is 4.33. The van der Waals surface area contributed by atoms with Crippen molar-refractivity contribution in [3.8, 4) is 0 Å². The van der Waals surface area contributed by atoms with Crippen LogP contribution in [-0.2, 0) is 10.0 Å². The maximum absolute atomic E-state index is 11.6. The molecule has 2 aliphatic heterocycles. The van der Waals surface area contributed by atoms with E-state index in [0.29, 0.717) is 19.0 Å². The van der Waals surface area contributed by atoms with Crippen molar-refractivity contribution >= 4 is 26.0 Å². The van der Waals surface area contributed by atoms with Crippen LogP contribution >= 0.6 is 15.9 Å². The van der Waals surface area contributed by atoms with Gasteiger partial charge in [0.05, 0.1) is 6.26 Å². The van der Waals surface area contributed by atoms with Gasteiger partial charge in [-0.2, -0.15) is 0 Å². The fourth-order valence-corrected chi connectivity index (χ4v) is 4.60. The summed E-state index contributed by atoms with van der Waals surface area (Å²) in [5.74, 6) is 0.501. The smallest absolute Gasteiger partial charge is 0.211 e. The van der Waals surface area contributed by atoms with Crippen LogP contribution in [0.2, 0.25) is 0 Å². The molecule has 0 aromatic heterocycles. The lowest BCUT2D eigenvalue weighted by molar-refractivity contribution is 0.108. The first-order chi connectivity index (χ1) is 9.49. The third kappa shape index (κ3) is 4.94. The summed E-state index contributed by atoms with van der Waals surface area (Å²) in [7, 11) is -3.01. The van der Waals surface area contributed by atoms with Crippen LogP contribution in [0.5, 0.6) is 0 Å². The number of sulfonamides is 1. The van der Waals surface area contributed by atoms with Crippen LogP contribution in [0.25, 0.3) is 0 Å². The van der Waals surface area contributed by atoms with Gasteiger partial charge >= 0.3 is 0 Å². The molecule has 2 rings (SSSR count). The van der Waals surface area contributed by atoms with Gasteiger partial charge in [0.25, 0.3) is 0 Å². The third-order valence-corrected chi connectivity index (χ3v) is 5.96. The molecule has 0 amide bonds. The maximum Gasteiger partial charge on any atom is 0.211 e. The van der Waals surface area contributed by atoms with Gasteiger partial charge in [-0.3, -0.25) is 4.90 Å². The van der Waals surface area contributed by atoms with Gasteiger partial charge in [-0.05, 0) is 18.8 Å². The van der Waals surface area contributed by atoms with Gasteiger partial charge in [-0.25, -0.2) is 12.7 Å². The molecule has 0 spiro atoms. The van der Waals surface area contributed by atoms with Gasteiger partial charge in [0.2, 0.25) is 10.0 Å². The summed E-state index contributed by atoms with van der Waals surface area (Å²) in [6.45, 7) is 8.08. The second-order valence-electron chi connectivity index (χ2n) is 5.96. The second kappa shape index (κ2) is 7.54. The average molecular weight is 368 g/mol. The fourth-order valence-electron chi connectivity index (χ4n) is 3.16. The maximum atomic E-state index is 11.6. The molecule has 0 aromatic carbocycles. The standard InChI is InChI=1S/C13H26BrN3O2S/c1-20(18,19)17-5-2-3-13(12-17)11-16-9-7-15(6-4-14)8-10-16/h13H,2-12H2,1H3. The number of hydrogen-bond acceptors (Lipinski definition) is 4. The van der Waals surface area contributed by atoms with Crippen LogP contribution < -0.4 is 0 Å². The molecule has 5 nitrogen and oxygen atoms in total. The molecule has 1 unspecified atom stereocenters. The molecule has 1 atom stereocenters. The van der Waals surface area contributed by atoms with E-state index in [1.807, 2.05) is 0 Å². The minimum absolute atomic E-state index is 0.501. The van der Waals surface area contributed by atoms with E-state index >= 15 is 0 Å². The second-order valence-corrected chi connectivity index (χ2v) is 8.74. The highest BCUT2D eigenvalue weighted by molar-refractivity contribution is 9.09. The van der Waals surface area contributed by atoms with Gasteiger partial charge in [0.15, 0.2) is 0 Å². The Balaban J connectivity index is 1.77. The summed E-state index contributed by atoms with van der Waals surface area (Å²) in [6.07, 6.45) is 3.49. The molecule has 0 aliphatic carbocycles. The minimum atomic E-state index is -3.01. The van der Waals surface area contributed by atoms with E-state index in [-0.39, 0.29) is 0 Å². The van der Waals surface area contributed by atoms with Crippen LogP contribution in [0.1, 0.15) is 12.8 Å². The van der Waals surface area contributed by atoms with E-state index in [4.69, 9.17) is 0 Å². The molecule has 2 aliphatic rings. The summed E-state index contributed by atoms with van der Waals surface area (Å²) >= 11 is 3.49. The predicted octanol–water partition coefficient (Wildman–Crippen LogP) is 0.671. The largest absolute Gasteiger partial charge is 0.300 e. The summed E-state index contributed by atoms with van der Waals surface area (Å²) in [5.41, 5.74) is 0. The molecule has 7 heteroatoms. The summed E-state index contributed by atoms with van der Waals surface area (Å²) in [4.78, 5) is 4.98. The number of rotatable bonds is 5. The normalized spacial score (nSPS) is 27.8. The van der Waals surface area contributed by atoms with E-state index in [9.17, 15) is 8.42 Å². The Kier molecular flexibility index (Phi) is 6.28. The highest BCUT2D eigenvalue weighted by Crippen LogP contribution is 2.20. The Morgan fingerprint density at radius 1 is 1.10 bits per heavy atom. The van der Waals surface area contributed by atoms with Gasteiger partial charge in [0.1, 0.15) is 0 Å².